The molecule has 0 bridgehead atoms. The zero-order valence-electron chi connectivity index (χ0n) is 12.7. The van der Waals surface area contributed by atoms with Gasteiger partial charge in [-0.05, 0) is 24.3 Å². The molecule has 24 heavy (non-hydrogen) atoms. The Hall–Kier alpha value is -3.09. The van der Waals surface area contributed by atoms with E-state index >= 15 is 0 Å². The number of ether oxygens (including phenoxy) is 3. The molecule has 0 aromatic heterocycles. The summed E-state index contributed by atoms with van der Waals surface area (Å²) in [6, 6.07) is 12.2. The molecule has 0 spiro atoms. The Kier molecular flexibility index (Phi) is 6.13. The first-order valence-corrected chi connectivity index (χ1v) is 7.12. The smallest absolute Gasteiger partial charge is 0.344 e. The van der Waals surface area contributed by atoms with E-state index in [1.165, 1.54) is 24.3 Å². The van der Waals surface area contributed by atoms with Crippen molar-refractivity contribution in [3.8, 4) is 11.5 Å². The third-order valence-corrected chi connectivity index (χ3v) is 2.94. The molecule has 2 aromatic rings. The van der Waals surface area contributed by atoms with Crippen LogP contribution < -0.4 is 15.2 Å². The molecule has 2 N–H and O–H groups in total. The summed E-state index contributed by atoms with van der Waals surface area (Å²) < 4.78 is 28.6. The average molecular weight is 333 g/mol. The minimum atomic E-state index is -0.655. The van der Waals surface area contributed by atoms with Gasteiger partial charge in [0.15, 0.2) is 18.2 Å². The van der Waals surface area contributed by atoms with Crippen molar-refractivity contribution in [2.45, 2.75) is 0 Å². The van der Waals surface area contributed by atoms with Gasteiger partial charge >= 0.3 is 5.97 Å². The number of primary amides is 1. The monoisotopic (exact) mass is 333 g/mol. The van der Waals surface area contributed by atoms with E-state index in [0.717, 1.165) is 0 Å². The molecule has 0 saturated heterocycles. The van der Waals surface area contributed by atoms with Crippen LogP contribution in [0.2, 0.25) is 0 Å². The number of halogens is 1. The first-order valence-electron chi connectivity index (χ1n) is 7.12. The van der Waals surface area contributed by atoms with Crippen LogP contribution in [0.15, 0.2) is 48.5 Å². The van der Waals surface area contributed by atoms with Gasteiger partial charge in [-0.2, -0.15) is 0 Å². The number of benzene rings is 2. The highest BCUT2D eigenvalue weighted by atomic mass is 19.1. The van der Waals surface area contributed by atoms with Crippen LogP contribution in [-0.4, -0.2) is 31.7 Å². The lowest BCUT2D eigenvalue weighted by atomic mass is 10.2. The second-order valence-electron chi connectivity index (χ2n) is 4.65. The molecule has 0 atom stereocenters. The van der Waals surface area contributed by atoms with Crippen LogP contribution in [0.25, 0.3) is 0 Å². The van der Waals surface area contributed by atoms with E-state index in [1.807, 2.05) is 0 Å². The number of hydrogen-bond donors (Lipinski definition) is 1. The minimum absolute atomic E-state index is 0.00451. The first-order chi connectivity index (χ1) is 11.6. The highest BCUT2D eigenvalue weighted by Crippen LogP contribution is 2.17. The lowest BCUT2D eigenvalue weighted by molar-refractivity contribution is -0.146. The molecule has 0 aliphatic heterocycles. The average Bonchev–Trinajstić information content (AvgIpc) is 2.58. The molecule has 1 amide bonds. The summed E-state index contributed by atoms with van der Waals surface area (Å²) in [5.74, 6) is -1.51. The Morgan fingerprint density at radius 2 is 1.58 bits per heavy atom. The van der Waals surface area contributed by atoms with Gasteiger partial charge in [-0.25, -0.2) is 9.18 Å². The summed E-state index contributed by atoms with van der Waals surface area (Å²) in [5, 5.41) is 0. The van der Waals surface area contributed by atoms with Crippen molar-refractivity contribution in [2.24, 2.45) is 5.73 Å². The third kappa shape index (κ3) is 4.98. The van der Waals surface area contributed by atoms with Crippen molar-refractivity contribution in [2.75, 3.05) is 19.8 Å². The van der Waals surface area contributed by atoms with E-state index in [1.54, 1.807) is 24.3 Å². The number of carbonyl (C=O) groups excluding carboxylic acids is 2. The molecule has 0 fully saturated rings. The lowest BCUT2D eigenvalue weighted by Crippen LogP contribution is -2.20. The van der Waals surface area contributed by atoms with Crippen molar-refractivity contribution in [1.82, 2.24) is 0 Å². The standard InChI is InChI=1S/C17H16FNO5/c18-13-6-2-4-8-15(13)22-9-10-23-16(20)11-24-14-7-3-1-5-12(14)17(19)21/h1-8H,9-11H2,(H2,19,21). The maximum Gasteiger partial charge on any atom is 0.344 e. The molecule has 7 heteroatoms. The van der Waals surface area contributed by atoms with E-state index in [0.29, 0.717) is 0 Å². The van der Waals surface area contributed by atoms with Gasteiger partial charge in [-0.15, -0.1) is 0 Å². The van der Waals surface area contributed by atoms with E-state index in [4.69, 9.17) is 19.9 Å². The first kappa shape index (κ1) is 17.3. The highest BCUT2D eigenvalue weighted by Gasteiger charge is 2.11. The van der Waals surface area contributed by atoms with Gasteiger partial charge in [-0.3, -0.25) is 4.79 Å². The van der Waals surface area contributed by atoms with Crippen LogP contribution in [0.1, 0.15) is 10.4 Å². The summed E-state index contributed by atoms with van der Waals surface area (Å²) in [7, 11) is 0. The van der Waals surface area contributed by atoms with Crippen molar-refractivity contribution in [1.29, 1.82) is 0 Å². The molecule has 0 aliphatic carbocycles. The number of esters is 1. The van der Waals surface area contributed by atoms with Gasteiger partial charge in [0.2, 0.25) is 0 Å². The summed E-state index contributed by atoms with van der Waals surface area (Å²) in [6.07, 6.45) is 0. The zero-order valence-corrected chi connectivity index (χ0v) is 12.7. The van der Waals surface area contributed by atoms with Crippen molar-refractivity contribution < 1.29 is 28.2 Å². The summed E-state index contributed by atoms with van der Waals surface area (Å²) in [6.45, 7) is -0.442. The Morgan fingerprint density at radius 1 is 0.917 bits per heavy atom. The van der Waals surface area contributed by atoms with Gasteiger partial charge in [0, 0.05) is 0 Å². The maximum atomic E-state index is 13.3. The van der Waals surface area contributed by atoms with Crippen molar-refractivity contribution >= 4 is 11.9 Å². The predicted octanol–water partition coefficient (Wildman–Crippen LogP) is 1.93. The molecule has 0 radical (unpaired) electrons. The van der Waals surface area contributed by atoms with E-state index < -0.39 is 17.7 Å². The molecule has 0 unspecified atom stereocenters. The molecular formula is C17H16FNO5. The Morgan fingerprint density at radius 3 is 2.29 bits per heavy atom. The van der Waals surface area contributed by atoms with E-state index in [-0.39, 0.29) is 36.9 Å². The summed E-state index contributed by atoms with van der Waals surface area (Å²) in [4.78, 5) is 22.8. The molecule has 0 heterocycles. The van der Waals surface area contributed by atoms with E-state index in [2.05, 4.69) is 0 Å². The topological polar surface area (TPSA) is 87.9 Å². The fraction of sp³-hybridized carbons (Fsp3) is 0.176. The van der Waals surface area contributed by atoms with E-state index in [9.17, 15) is 14.0 Å². The van der Waals surface area contributed by atoms with Gasteiger partial charge in [0.1, 0.15) is 19.0 Å². The summed E-state index contributed by atoms with van der Waals surface area (Å²) >= 11 is 0. The van der Waals surface area contributed by atoms with Gasteiger partial charge in [0.05, 0.1) is 5.56 Å². The second-order valence-corrected chi connectivity index (χ2v) is 4.65. The van der Waals surface area contributed by atoms with Gasteiger partial charge in [0.25, 0.3) is 5.91 Å². The zero-order chi connectivity index (χ0) is 17.4. The molecule has 0 aliphatic rings. The number of amides is 1. The molecular weight excluding hydrogens is 317 g/mol. The Labute approximate surface area is 137 Å². The van der Waals surface area contributed by atoms with Crippen LogP contribution in [-0.2, 0) is 9.53 Å². The van der Waals surface area contributed by atoms with Crippen LogP contribution in [0.3, 0.4) is 0 Å². The predicted molar refractivity (Wildman–Crippen MR) is 83.3 cm³/mol. The lowest BCUT2D eigenvalue weighted by Gasteiger charge is -2.10. The highest BCUT2D eigenvalue weighted by molar-refractivity contribution is 5.95. The van der Waals surface area contributed by atoms with Crippen LogP contribution >= 0.6 is 0 Å². The van der Waals surface area contributed by atoms with Gasteiger partial charge in [-0.1, -0.05) is 24.3 Å². The third-order valence-electron chi connectivity index (χ3n) is 2.94. The largest absolute Gasteiger partial charge is 0.487 e. The molecule has 0 saturated carbocycles. The number of rotatable bonds is 8. The Balaban J connectivity index is 1.73. The number of para-hydroxylation sites is 2. The second kappa shape index (κ2) is 8.52. The maximum absolute atomic E-state index is 13.3. The fourth-order valence-electron chi connectivity index (χ4n) is 1.84. The molecule has 6 nitrogen and oxygen atoms in total. The van der Waals surface area contributed by atoms with Gasteiger partial charge < -0.3 is 19.9 Å². The fourth-order valence-corrected chi connectivity index (χ4v) is 1.84. The van der Waals surface area contributed by atoms with Crippen LogP contribution in [0.5, 0.6) is 11.5 Å². The van der Waals surface area contributed by atoms with Crippen molar-refractivity contribution in [3.05, 3.63) is 59.9 Å². The SMILES string of the molecule is NC(=O)c1ccccc1OCC(=O)OCCOc1ccccc1F. The number of hydrogen-bond acceptors (Lipinski definition) is 5. The normalized spacial score (nSPS) is 10.0. The van der Waals surface area contributed by atoms with Crippen LogP contribution in [0.4, 0.5) is 4.39 Å². The molecule has 2 rings (SSSR count). The molecule has 2 aromatic carbocycles. The number of nitrogens with two attached hydrogens (primary N) is 1. The minimum Gasteiger partial charge on any atom is -0.487 e. The summed E-state index contributed by atoms with van der Waals surface area (Å²) in [5.41, 5.74) is 5.38. The van der Waals surface area contributed by atoms with Crippen molar-refractivity contribution in [3.63, 3.8) is 0 Å². The Bertz CT molecular complexity index is 720. The number of carbonyl (C=O) groups is 2. The molecule has 126 valence electrons. The quantitative estimate of drug-likeness (QED) is 0.589. The van der Waals surface area contributed by atoms with Crippen LogP contribution in [0, 0.1) is 5.82 Å².